The largest absolute Gasteiger partial charge is 0.573 e. The average Bonchev–Trinajstić information content (AvgIpc) is 2.85. The van der Waals surface area contributed by atoms with Gasteiger partial charge in [0.2, 0.25) is 6.41 Å². The van der Waals surface area contributed by atoms with Gasteiger partial charge in [0, 0.05) is 12.7 Å². The van der Waals surface area contributed by atoms with Crippen molar-refractivity contribution in [3.8, 4) is 5.75 Å². The molecular weight excluding hydrogens is 471 g/mol. The first kappa shape index (κ1) is 32.4. The average molecular weight is 510 g/mol. The van der Waals surface area contributed by atoms with E-state index in [2.05, 4.69) is 58.9 Å². The summed E-state index contributed by atoms with van der Waals surface area (Å²) in [6.07, 6.45) is 3.90. The monoisotopic (exact) mass is 509 g/mol. The smallest absolute Gasteiger partial charge is 0.406 e. The standard InChI is InChI=1S/C11H12F3NO2.C8H10N4.C5H12.C2H4/c1-2-10(15-7-16)8-3-5-9(6-4-8)17-11(12,13)14;1-6-4-12(2)8-7(11-6)3-9-5-10-8;1-3-5-4-2;1-2/h3-7,10H,2H2,1H3,(H,15,16);3,5,11H,1,4H2,2H3;3-5H2,1-2H3;1-2H2. The van der Waals surface area contributed by atoms with Crippen LogP contribution in [0, 0.1) is 0 Å². The molecule has 2 heterocycles. The molecule has 1 aliphatic heterocycles. The second-order valence-electron chi connectivity index (χ2n) is 7.56. The number of fused-ring (bicyclic) bond motifs is 1. The number of carbonyl (C=O) groups is 1. The van der Waals surface area contributed by atoms with Gasteiger partial charge in [0.1, 0.15) is 17.8 Å². The van der Waals surface area contributed by atoms with Gasteiger partial charge in [0.05, 0.1) is 18.8 Å². The van der Waals surface area contributed by atoms with Crippen LogP contribution in [0.2, 0.25) is 0 Å². The third kappa shape index (κ3) is 12.8. The van der Waals surface area contributed by atoms with Crippen molar-refractivity contribution in [2.45, 2.75) is 58.9 Å². The molecule has 10 heteroatoms. The van der Waals surface area contributed by atoms with Crippen molar-refractivity contribution >= 4 is 17.9 Å². The number of rotatable bonds is 7. The third-order valence-electron chi connectivity index (χ3n) is 4.69. The van der Waals surface area contributed by atoms with E-state index in [4.69, 9.17) is 0 Å². The van der Waals surface area contributed by atoms with E-state index >= 15 is 0 Å². The molecule has 1 aliphatic rings. The van der Waals surface area contributed by atoms with Crippen LogP contribution in [0.15, 0.2) is 62.2 Å². The summed E-state index contributed by atoms with van der Waals surface area (Å²) in [4.78, 5) is 20.4. The summed E-state index contributed by atoms with van der Waals surface area (Å²) in [5, 5.41) is 5.70. The zero-order valence-electron chi connectivity index (χ0n) is 21.6. The Bertz CT molecular complexity index is 890. The summed E-state index contributed by atoms with van der Waals surface area (Å²) in [6, 6.07) is 5.22. The number of nitrogens with zero attached hydrogens (tertiary/aromatic N) is 3. The summed E-state index contributed by atoms with van der Waals surface area (Å²) in [7, 11) is 1.98. The molecule has 0 saturated carbocycles. The fraction of sp³-hybridized carbons (Fsp3) is 0.423. The van der Waals surface area contributed by atoms with Crippen LogP contribution in [0.1, 0.15) is 58.1 Å². The maximum Gasteiger partial charge on any atom is 0.573 e. The van der Waals surface area contributed by atoms with E-state index < -0.39 is 6.36 Å². The van der Waals surface area contributed by atoms with Gasteiger partial charge in [0.25, 0.3) is 0 Å². The van der Waals surface area contributed by atoms with Crippen LogP contribution in [-0.4, -0.2) is 36.3 Å². The molecule has 2 aromatic rings. The quantitative estimate of drug-likeness (QED) is 0.322. The van der Waals surface area contributed by atoms with Gasteiger partial charge < -0.3 is 20.3 Å². The lowest BCUT2D eigenvalue weighted by Gasteiger charge is -2.27. The van der Waals surface area contributed by atoms with Gasteiger partial charge in [0.15, 0.2) is 5.82 Å². The fourth-order valence-corrected chi connectivity index (χ4v) is 3.09. The minimum Gasteiger partial charge on any atom is -0.406 e. The Kier molecular flexibility index (Phi) is 16.1. The molecule has 36 heavy (non-hydrogen) atoms. The number of halogens is 3. The predicted octanol–water partition coefficient (Wildman–Crippen LogP) is 6.63. The Morgan fingerprint density at radius 3 is 2.28 bits per heavy atom. The molecule has 7 nitrogen and oxygen atoms in total. The van der Waals surface area contributed by atoms with Gasteiger partial charge >= 0.3 is 6.36 Å². The van der Waals surface area contributed by atoms with Gasteiger partial charge in [-0.05, 0) is 24.1 Å². The zero-order valence-corrected chi connectivity index (χ0v) is 21.6. The Morgan fingerprint density at radius 1 is 1.19 bits per heavy atom. The lowest BCUT2D eigenvalue weighted by Crippen LogP contribution is -2.29. The molecule has 2 N–H and O–H groups in total. The SMILES string of the molecule is C=C.C=C1CN(C)c2ncncc2N1.CCC(NC=O)c1ccc(OC(F)(F)F)cc1.CCCCC. The van der Waals surface area contributed by atoms with Gasteiger partial charge in [-0.25, -0.2) is 9.97 Å². The Hall–Kier alpha value is -3.56. The second kappa shape index (κ2) is 17.8. The number of carbonyl (C=O) groups excluding carboxylic acids is 1. The summed E-state index contributed by atoms with van der Waals surface area (Å²) < 4.78 is 39.5. The van der Waals surface area contributed by atoms with Crippen molar-refractivity contribution in [1.82, 2.24) is 15.3 Å². The highest BCUT2D eigenvalue weighted by molar-refractivity contribution is 5.69. The van der Waals surface area contributed by atoms with Crippen LogP contribution in [0.4, 0.5) is 24.7 Å². The van der Waals surface area contributed by atoms with Crippen LogP contribution in [0.3, 0.4) is 0 Å². The van der Waals surface area contributed by atoms with Crippen molar-refractivity contribution in [2.75, 3.05) is 23.8 Å². The molecule has 1 aromatic heterocycles. The van der Waals surface area contributed by atoms with E-state index in [0.717, 1.165) is 29.3 Å². The maximum absolute atomic E-state index is 11.9. The Labute approximate surface area is 212 Å². The summed E-state index contributed by atoms with van der Waals surface area (Å²) in [6.45, 7) is 16.9. The number of hydrogen-bond acceptors (Lipinski definition) is 6. The van der Waals surface area contributed by atoms with E-state index in [0.29, 0.717) is 12.8 Å². The van der Waals surface area contributed by atoms with Gasteiger partial charge in [-0.1, -0.05) is 58.7 Å². The van der Waals surface area contributed by atoms with Gasteiger partial charge in [-0.15, -0.1) is 26.3 Å². The number of nitrogens with one attached hydrogen (secondary N) is 2. The first-order valence-electron chi connectivity index (χ1n) is 11.7. The number of likely N-dealkylation sites (N-methyl/N-ethyl adjacent to an activating group) is 1. The molecule has 1 atom stereocenters. The van der Waals surface area contributed by atoms with E-state index in [1.54, 1.807) is 12.5 Å². The maximum atomic E-state index is 11.9. The number of benzene rings is 1. The normalized spacial score (nSPS) is 12.5. The summed E-state index contributed by atoms with van der Waals surface area (Å²) in [5.41, 5.74) is 2.63. The third-order valence-corrected chi connectivity index (χ3v) is 4.69. The molecule has 1 amide bonds. The number of unbranched alkanes of at least 4 members (excludes halogenated alkanes) is 2. The van der Waals surface area contributed by atoms with E-state index in [-0.39, 0.29) is 11.8 Å². The first-order chi connectivity index (χ1) is 17.1. The predicted molar refractivity (Wildman–Crippen MR) is 140 cm³/mol. The Balaban J connectivity index is 0.000000558. The summed E-state index contributed by atoms with van der Waals surface area (Å²) >= 11 is 0. The van der Waals surface area contributed by atoms with Crippen molar-refractivity contribution < 1.29 is 22.7 Å². The summed E-state index contributed by atoms with van der Waals surface area (Å²) in [5.74, 6) is 0.652. The van der Waals surface area contributed by atoms with Gasteiger partial charge in [-0.3, -0.25) is 4.79 Å². The topological polar surface area (TPSA) is 79.4 Å². The van der Waals surface area contributed by atoms with Crippen molar-refractivity contribution in [2.24, 2.45) is 0 Å². The molecule has 1 aromatic carbocycles. The number of aromatic nitrogens is 2. The molecule has 0 spiro atoms. The number of alkyl halides is 3. The number of anilines is 2. The number of hydrogen-bond donors (Lipinski definition) is 2. The van der Waals surface area contributed by atoms with Crippen molar-refractivity contribution in [1.29, 1.82) is 0 Å². The van der Waals surface area contributed by atoms with Crippen LogP contribution in [-0.2, 0) is 4.79 Å². The highest BCUT2D eigenvalue weighted by Gasteiger charge is 2.31. The molecular formula is C26H38F3N5O2. The van der Waals surface area contributed by atoms with Crippen LogP contribution < -0.4 is 20.3 Å². The molecule has 0 bridgehead atoms. The molecule has 0 saturated heterocycles. The van der Waals surface area contributed by atoms with Crippen LogP contribution in [0.25, 0.3) is 0 Å². The molecule has 0 radical (unpaired) electrons. The Morgan fingerprint density at radius 2 is 1.81 bits per heavy atom. The van der Waals surface area contributed by atoms with E-state index in [9.17, 15) is 18.0 Å². The molecule has 3 rings (SSSR count). The lowest BCUT2D eigenvalue weighted by atomic mass is 10.0. The van der Waals surface area contributed by atoms with Crippen LogP contribution >= 0.6 is 0 Å². The zero-order chi connectivity index (χ0) is 27.6. The van der Waals surface area contributed by atoms with Gasteiger partial charge in [-0.2, -0.15) is 0 Å². The first-order valence-corrected chi connectivity index (χ1v) is 11.7. The molecule has 1 unspecified atom stereocenters. The fourth-order valence-electron chi connectivity index (χ4n) is 3.09. The number of ether oxygens (including phenoxy) is 1. The van der Waals surface area contributed by atoms with E-state index in [1.165, 1.54) is 43.5 Å². The van der Waals surface area contributed by atoms with Crippen molar-refractivity contribution in [3.63, 3.8) is 0 Å². The number of amides is 1. The minimum absolute atomic E-state index is 0.201. The second-order valence-corrected chi connectivity index (χ2v) is 7.56. The molecule has 0 fully saturated rings. The molecule has 0 aliphatic carbocycles. The lowest BCUT2D eigenvalue weighted by molar-refractivity contribution is -0.274. The molecule has 200 valence electrons. The van der Waals surface area contributed by atoms with E-state index in [1.807, 2.05) is 18.9 Å². The highest BCUT2D eigenvalue weighted by Crippen LogP contribution is 2.26. The highest BCUT2D eigenvalue weighted by atomic mass is 19.4. The van der Waals surface area contributed by atoms with Crippen molar-refractivity contribution in [3.05, 3.63) is 67.8 Å². The van der Waals surface area contributed by atoms with Crippen LogP contribution in [0.5, 0.6) is 5.75 Å². The minimum atomic E-state index is -4.69.